The SMILES string of the molecule is COc1ccc([C@H](N)c2nc(-c3cccs3)n[nH]2)cc1. The molecule has 3 N–H and O–H groups in total. The minimum Gasteiger partial charge on any atom is -0.497 e. The van der Waals surface area contributed by atoms with Crippen LogP contribution in [0.1, 0.15) is 17.4 Å². The molecule has 20 heavy (non-hydrogen) atoms. The molecule has 0 fully saturated rings. The summed E-state index contributed by atoms with van der Waals surface area (Å²) in [5.41, 5.74) is 7.16. The summed E-state index contributed by atoms with van der Waals surface area (Å²) < 4.78 is 5.13. The smallest absolute Gasteiger partial charge is 0.191 e. The monoisotopic (exact) mass is 286 g/mol. The summed E-state index contributed by atoms with van der Waals surface area (Å²) in [6.07, 6.45) is 0. The van der Waals surface area contributed by atoms with Crippen molar-refractivity contribution in [1.82, 2.24) is 15.2 Å². The Morgan fingerprint density at radius 3 is 2.70 bits per heavy atom. The summed E-state index contributed by atoms with van der Waals surface area (Å²) in [4.78, 5) is 5.48. The van der Waals surface area contributed by atoms with Gasteiger partial charge in [0, 0.05) is 0 Å². The maximum absolute atomic E-state index is 6.20. The molecule has 0 bridgehead atoms. The Kier molecular flexibility index (Phi) is 3.49. The molecule has 5 nitrogen and oxygen atoms in total. The zero-order valence-corrected chi connectivity index (χ0v) is 11.7. The molecule has 0 spiro atoms. The first-order valence-electron chi connectivity index (χ1n) is 6.13. The number of H-pyrrole nitrogens is 1. The molecule has 0 aliphatic carbocycles. The number of thiophene rings is 1. The van der Waals surface area contributed by atoms with Crippen molar-refractivity contribution in [3.05, 3.63) is 53.2 Å². The molecular weight excluding hydrogens is 272 g/mol. The van der Waals surface area contributed by atoms with E-state index >= 15 is 0 Å². The van der Waals surface area contributed by atoms with Crippen molar-refractivity contribution in [3.63, 3.8) is 0 Å². The van der Waals surface area contributed by atoms with E-state index < -0.39 is 0 Å². The second-order valence-electron chi connectivity index (χ2n) is 4.27. The van der Waals surface area contributed by atoms with Gasteiger partial charge in [-0.25, -0.2) is 4.98 Å². The van der Waals surface area contributed by atoms with E-state index in [1.165, 1.54) is 0 Å². The average molecular weight is 286 g/mol. The normalized spacial score (nSPS) is 12.3. The van der Waals surface area contributed by atoms with Crippen LogP contribution in [0.3, 0.4) is 0 Å². The van der Waals surface area contributed by atoms with E-state index in [-0.39, 0.29) is 6.04 Å². The first kappa shape index (κ1) is 12.8. The third-order valence-corrected chi connectivity index (χ3v) is 3.88. The van der Waals surface area contributed by atoms with Crippen LogP contribution in [0, 0.1) is 0 Å². The lowest BCUT2D eigenvalue weighted by Crippen LogP contribution is -2.13. The van der Waals surface area contributed by atoms with Gasteiger partial charge < -0.3 is 10.5 Å². The molecule has 1 atom stereocenters. The fraction of sp³-hybridized carbons (Fsp3) is 0.143. The standard InChI is InChI=1S/C14H14N4OS/c1-19-10-6-4-9(5-7-10)12(15)14-16-13(17-18-14)11-3-2-8-20-11/h2-8,12H,15H2,1H3,(H,16,17,18)/t12-/m0/s1. The Morgan fingerprint density at radius 1 is 1.25 bits per heavy atom. The van der Waals surface area contributed by atoms with Gasteiger partial charge in [-0.2, -0.15) is 5.10 Å². The van der Waals surface area contributed by atoms with Gasteiger partial charge in [0.25, 0.3) is 0 Å². The van der Waals surface area contributed by atoms with Crippen LogP contribution in [0.5, 0.6) is 5.75 Å². The molecule has 2 aromatic heterocycles. The quantitative estimate of drug-likeness (QED) is 0.773. The van der Waals surface area contributed by atoms with E-state index in [2.05, 4.69) is 15.2 Å². The first-order valence-corrected chi connectivity index (χ1v) is 7.01. The molecule has 0 unspecified atom stereocenters. The number of nitrogens with one attached hydrogen (secondary N) is 1. The Bertz CT molecular complexity index is 676. The molecule has 3 aromatic rings. The van der Waals surface area contributed by atoms with Crippen LogP contribution in [-0.4, -0.2) is 22.3 Å². The van der Waals surface area contributed by atoms with Gasteiger partial charge in [-0.1, -0.05) is 18.2 Å². The highest BCUT2D eigenvalue weighted by Crippen LogP contribution is 2.24. The summed E-state index contributed by atoms with van der Waals surface area (Å²) in [7, 11) is 1.64. The Morgan fingerprint density at radius 2 is 2.05 bits per heavy atom. The second kappa shape index (κ2) is 5.44. The fourth-order valence-corrected chi connectivity index (χ4v) is 2.56. The van der Waals surface area contributed by atoms with Crippen LogP contribution in [-0.2, 0) is 0 Å². The average Bonchev–Trinajstić information content (AvgIpc) is 3.17. The number of nitrogens with two attached hydrogens (primary N) is 1. The highest BCUT2D eigenvalue weighted by Gasteiger charge is 2.15. The number of nitrogens with zero attached hydrogens (tertiary/aromatic N) is 2. The maximum Gasteiger partial charge on any atom is 0.191 e. The number of rotatable bonds is 4. The second-order valence-corrected chi connectivity index (χ2v) is 5.22. The molecule has 2 heterocycles. The van der Waals surface area contributed by atoms with Gasteiger partial charge in [-0.3, -0.25) is 5.10 Å². The summed E-state index contributed by atoms with van der Waals surface area (Å²) in [6, 6.07) is 11.2. The highest BCUT2D eigenvalue weighted by atomic mass is 32.1. The van der Waals surface area contributed by atoms with E-state index in [1.54, 1.807) is 18.4 Å². The van der Waals surface area contributed by atoms with E-state index in [0.717, 1.165) is 16.2 Å². The molecule has 0 radical (unpaired) electrons. The van der Waals surface area contributed by atoms with Crippen molar-refractivity contribution >= 4 is 11.3 Å². The number of hydrogen-bond acceptors (Lipinski definition) is 5. The topological polar surface area (TPSA) is 76.8 Å². The van der Waals surface area contributed by atoms with Crippen LogP contribution in [0.2, 0.25) is 0 Å². The Labute approximate surface area is 120 Å². The lowest BCUT2D eigenvalue weighted by Gasteiger charge is -2.09. The lowest BCUT2D eigenvalue weighted by atomic mass is 10.1. The molecule has 1 aromatic carbocycles. The molecule has 0 aliphatic heterocycles. The number of methoxy groups -OCH3 is 1. The molecule has 0 saturated carbocycles. The van der Waals surface area contributed by atoms with E-state index in [4.69, 9.17) is 10.5 Å². The molecule has 3 rings (SSSR count). The van der Waals surface area contributed by atoms with Crippen LogP contribution in [0.15, 0.2) is 41.8 Å². The van der Waals surface area contributed by atoms with Crippen LogP contribution in [0.4, 0.5) is 0 Å². The lowest BCUT2D eigenvalue weighted by molar-refractivity contribution is 0.414. The van der Waals surface area contributed by atoms with Crippen molar-refractivity contribution < 1.29 is 4.74 Å². The molecule has 0 saturated heterocycles. The van der Waals surface area contributed by atoms with Gasteiger partial charge in [-0.05, 0) is 29.1 Å². The van der Waals surface area contributed by atoms with Gasteiger partial charge in [0.1, 0.15) is 11.6 Å². The zero-order chi connectivity index (χ0) is 13.9. The molecule has 0 amide bonds. The minimum absolute atomic E-state index is 0.331. The van der Waals surface area contributed by atoms with Crippen molar-refractivity contribution in [1.29, 1.82) is 0 Å². The summed E-state index contributed by atoms with van der Waals surface area (Å²) in [5.74, 6) is 2.13. The number of aromatic amines is 1. The summed E-state index contributed by atoms with van der Waals surface area (Å²) in [6.45, 7) is 0. The zero-order valence-electron chi connectivity index (χ0n) is 10.9. The maximum atomic E-state index is 6.20. The van der Waals surface area contributed by atoms with E-state index in [9.17, 15) is 0 Å². The van der Waals surface area contributed by atoms with Crippen molar-refractivity contribution in [2.45, 2.75) is 6.04 Å². The molecule has 0 aliphatic rings. The van der Waals surface area contributed by atoms with Crippen LogP contribution >= 0.6 is 11.3 Å². The predicted molar refractivity (Wildman–Crippen MR) is 78.7 cm³/mol. The van der Waals surface area contributed by atoms with E-state index in [1.807, 2.05) is 41.8 Å². The van der Waals surface area contributed by atoms with Gasteiger partial charge in [0.05, 0.1) is 18.0 Å². The predicted octanol–water partition coefficient (Wildman–Crippen LogP) is 2.59. The number of benzene rings is 1. The van der Waals surface area contributed by atoms with Crippen LogP contribution < -0.4 is 10.5 Å². The molecule has 102 valence electrons. The first-order chi connectivity index (χ1) is 9.78. The van der Waals surface area contributed by atoms with Crippen molar-refractivity contribution in [2.24, 2.45) is 5.73 Å². The fourth-order valence-electron chi connectivity index (χ4n) is 1.90. The minimum atomic E-state index is -0.331. The van der Waals surface area contributed by atoms with Gasteiger partial charge in [0.15, 0.2) is 5.82 Å². The number of aromatic nitrogens is 3. The molecule has 6 heteroatoms. The van der Waals surface area contributed by atoms with Gasteiger partial charge >= 0.3 is 0 Å². The van der Waals surface area contributed by atoms with E-state index in [0.29, 0.717) is 11.6 Å². The van der Waals surface area contributed by atoms with Crippen LogP contribution in [0.25, 0.3) is 10.7 Å². The van der Waals surface area contributed by atoms with Gasteiger partial charge in [0.2, 0.25) is 0 Å². The summed E-state index contributed by atoms with van der Waals surface area (Å²) >= 11 is 1.60. The largest absolute Gasteiger partial charge is 0.497 e. The molecular formula is C14H14N4OS. The third-order valence-electron chi connectivity index (χ3n) is 3.01. The highest BCUT2D eigenvalue weighted by molar-refractivity contribution is 7.13. The summed E-state index contributed by atoms with van der Waals surface area (Å²) in [5, 5.41) is 9.11. The number of ether oxygens (including phenoxy) is 1. The Hall–Kier alpha value is -2.18. The van der Waals surface area contributed by atoms with Crippen molar-refractivity contribution in [2.75, 3.05) is 7.11 Å². The Balaban J connectivity index is 1.84. The van der Waals surface area contributed by atoms with Crippen molar-refractivity contribution in [3.8, 4) is 16.5 Å². The number of hydrogen-bond donors (Lipinski definition) is 2. The van der Waals surface area contributed by atoms with Gasteiger partial charge in [-0.15, -0.1) is 11.3 Å². The third kappa shape index (κ3) is 2.43.